The summed E-state index contributed by atoms with van der Waals surface area (Å²) in [6.45, 7) is 9.82. The molecule has 0 saturated carbocycles. The summed E-state index contributed by atoms with van der Waals surface area (Å²) in [6.07, 6.45) is 8.51. The summed E-state index contributed by atoms with van der Waals surface area (Å²) < 4.78 is 5.81. The number of ether oxygens (including phenoxy) is 1. The standard InChI is InChI=1S/C26H32N2O/c1-22(29-21-24-9-4-3-5-10-24)13-15-26(27-2)16-14-23-11-8-12-25(19-23)20-28-17-6-7-18-28/h3-5,8-13,15,19H,2,6-7,14,16-18,20-21H2,1H3/b22-13+,26-15-. The molecular formula is C26H32N2O. The van der Waals surface area contributed by atoms with Crippen LogP contribution in [0.5, 0.6) is 0 Å². The summed E-state index contributed by atoms with van der Waals surface area (Å²) in [5.41, 5.74) is 4.92. The molecule has 152 valence electrons. The molecular weight excluding hydrogens is 356 g/mol. The minimum Gasteiger partial charge on any atom is -0.494 e. The van der Waals surface area contributed by atoms with Crippen LogP contribution >= 0.6 is 0 Å². The number of allylic oxidation sites excluding steroid dienone is 4. The lowest BCUT2D eigenvalue weighted by Gasteiger charge is -2.15. The first kappa shape index (κ1) is 21.1. The highest BCUT2D eigenvalue weighted by Crippen LogP contribution is 2.16. The third-order valence-corrected chi connectivity index (χ3v) is 5.29. The van der Waals surface area contributed by atoms with Crippen LogP contribution in [-0.2, 0) is 24.3 Å². The molecule has 1 aliphatic rings. The Balaban J connectivity index is 1.50. The summed E-state index contributed by atoms with van der Waals surface area (Å²) in [4.78, 5) is 6.74. The van der Waals surface area contributed by atoms with Crippen molar-refractivity contribution >= 4 is 6.72 Å². The van der Waals surface area contributed by atoms with Gasteiger partial charge in [0.1, 0.15) is 6.61 Å². The molecule has 1 fully saturated rings. The lowest BCUT2D eigenvalue weighted by Crippen LogP contribution is -2.18. The molecule has 2 aromatic rings. The molecule has 1 aliphatic heterocycles. The van der Waals surface area contributed by atoms with E-state index in [9.17, 15) is 0 Å². The average molecular weight is 389 g/mol. The minimum atomic E-state index is 0.581. The number of benzene rings is 2. The Morgan fingerprint density at radius 1 is 1.00 bits per heavy atom. The second-order valence-electron chi connectivity index (χ2n) is 7.67. The predicted molar refractivity (Wildman–Crippen MR) is 122 cm³/mol. The second-order valence-corrected chi connectivity index (χ2v) is 7.67. The Kier molecular flexibility index (Phi) is 8.26. The van der Waals surface area contributed by atoms with E-state index >= 15 is 0 Å². The van der Waals surface area contributed by atoms with Gasteiger partial charge >= 0.3 is 0 Å². The molecule has 0 atom stereocenters. The molecule has 1 saturated heterocycles. The maximum absolute atomic E-state index is 5.81. The molecule has 29 heavy (non-hydrogen) atoms. The fourth-order valence-corrected chi connectivity index (χ4v) is 3.60. The smallest absolute Gasteiger partial charge is 0.113 e. The van der Waals surface area contributed by atoms with Gasteiger partial charge in [-0.2, -0.15) is 0 Å². The number of aliphatic imine (C=N–C) groups is 1. The second kappa shape index (κ2) is 11.4. The van der Waals surface area contributed by atoms with E-state index in [1.54, 1.807) is 0 Å². The number of rotatable bonds is 10. The van der Waals surface area contributed by atoms with E-state index in [4.69, 9.17) is 4.74 Å². The van der Waals surface area contributed by atoms with Gasteiger partial charge in [0.25, 0.3) is 0 Å². The molecule has 0 aliphatic carbocycles. The average Bonchev–Trinajstić information content (AvgIpc) is 3.26. The Morgan fingerprint density at radius 3 is 2.48 bits per heavy atom. The van der Waals surface area contributed by atoms with E-state index in [2.05, 4.69) is 53.0 Å². The van der Waals surface area contributed by atoms with Crippen LogP contribution in [0, 0.1) is 0 Å². The zero-order valence-electron chi connectivity index (χ0n) is 17.5. The Morgan fingerprint density at radius 2 is 1.72 bits per heavy atom. The van der Waals surface area contributed by atoms with Crippen LogP contribution in [0.1, 0.15) is 42.9 Å². The molecule has 0 aromatic heterocycles. The predicted octanol–water partition coefficient (Wildman–Crippen LogP) is 5.92. The van der Waals surface area contributed by atoms with Crippen molar-refractivity contribution < 1.29 is 4.74 Å². The number of hydrogen-bond donors (Lipinski definition) is 0. The van der Waals surface area contributed by atoms with Crippen LogP contribution in [0.25, 0.3) is 0 Å². The van der Waals surface area contributed by atoms with Crippen molar-refractivity contribution in [3.63, 3.8) is 0 Å². The van der Waals surface area contributed by atoms with Gasteiger partial charge in [-0.15, -0.1) is 0 Å². The summed E-state index contributed by atoms with van der Waals surface area (Å²) in [5, 5.41) is 0. The van der Waals surface area contributed by atoms with Gasteiger partial charge in [-0.05, 0) is 81.3 Å². The summed E-state index contributed by atoms with van der Waals surface area (Å²) in [7, 11) is 0. The van der Waals surface area contributed by atoms with Crippen LogP contribution < -0.4 is 0 Å². The monoisotopic (exact) mass is 388 g/mol. The molecule has 0 amide bonds. The highest BCUT2D eigenvalue weighted by atomic mass is 16.5. The van der Waals surface area contributed by atoms with Crippen molar-refractivity contribution in [2.75, 3.05) is 13.1 Å². The summed E-state index contributed by atoms with van der Waals surface area (Å²) in [5.74, 6) is 0.877. The lowest BCUT2D eigenvalue weighted by molar-refractivity contribution is 0.201. The number of likely N-dealkylation sites (tertiary alicyclic amines) is 1. The van der Waals surface area contributed by atoms with E-state index in [1.165, 1.54) is 42.6 Å². The number of nitrogens with zero attached hydrogens (tertiary/aromatic N) is 2. The molecule has 3 heteroatoms. The molecule has 0 spiro atoms. The normalized spacial score (nSPS) is 15.5. The van der Waals surface area contributed by atoms with E-state index < -0.39 is 0 Å². The van der Waals surface area contributed by atoms with E-state index in [0.29, 0.717) is 6.61 Å². The van der Waals surface area contributed by atoms with Crippen molar-refractivity contribution in [1.82, 2.24) is 4.90 Å². The molecule has 0 unspecified atom stereocenters. The Bertz CT molecular complexity index is 833. The van der Waals surface area contributed by atoms with Gasteiger partial charge < -0.3 is 4.74 Å². The topological polar surface area (TPSA) is 24.8 Å². The van der Waals surface area contributed by atoms with Gasteiger partial charge in [0, 0.05) is 12.2 Å². The summed E-state index contributed by atoms with van der Waals surface area (Å²) in [6, 6.07) is 19.2. The first-order valence-electron chi connectivity index (χ1n) is 10.5. The van der Waals surface area contributed by atoms with Gasteiger partial charge in [0.15, 0.2) is 0 Å². The molecule has 3 nitrogen and oxygen atoms in total. The lowest BCUT2D eigenvalue weighted by atomic mass is 10.0. The van der Waals surface area contributed by atoms with Crippen molar-refractivity contribution in [2.24, 2.45) is 4.99 Å². The van der Waals surface area contributed by atoms with E-state index in [0.717, 1.165) is 30.8 Å². The third-order valence-electron chi connectivity index (χ3n) is 5.29. The maximum atomic E-state index is 5.81. The van der Waals surface area contributed by atoms with Crippen molar-refractivity contribution in [3.05, 3.63) is 94.9 Å². The molecule has 3 rings (SSSR count). The van der Waals surface area contributed by atoms with Crippen LogP contribution in [0.4, 0.5) is 0 Å². The fourth-order valence-electron chi connectivity index (χ4n) is 3.60. The van der Waals surface area contributed by atoms with E-state index in [1.807, 2.05) is 37.3 Å². The van der Waals surface area contributed by atoms with Crippen LogP contribution in [0.2, 0.25) is 0 Å². The van der Waals surface area contributed by atoms with Crippen LogP contribution in [0.15, 0.2) is 83.2 Å². The molecule has 1 heterocycles. The van der Waals surface area contributed by atoms with Crippen LogP contribution in [0.3, 0.4) is 0 Å². The molecule has 0 radical (unpaired) electrons. The first-order chi connectivity index (χ1) is 14.2. The maximum Gasteiger partial charge on any atom is 0.113 e. The minimum absolute atomic E-state index is 0.581. The quantitative estimate of drug-likeness (QED) is 0.287. The zero-order valence-corrected chi connectivity index (χ0v) is 17.5. The Hall–Kier alpha value is -2.65. The van der Waals surface area contributed by atoms with Gasteiger partial charge in [-0.1, -0.05) is 54.6 Å². The summed E-state index contributed by atoms with van der Waals surface area (Å²) >= 11 is 0. The highest BCUT2D eigenvalue weighted by Gasteiger charge is 2.11. The van der Waals surface area contributed by atoms with Gasteiger partial charge in [0.05, 0.1) is 5.76 Å². The SMILES string of the molecule is C=N/C(=C\C=C(/C)OCc1ccccc1)CCc1cccc(CN2CCCC2)c1. The van der Waals surface area contributed by atoms with Gasteiger partial charge in [-0.25, -0.2) is 0 Å². The third kappa shape index (κ3) is 7.35. The van der Waals surface area contributed by atoms with Crippen molar-refractivity contribution in [3.8, 4) is 0 Å². The van der Waals surface area contributed by atoms with E-state index in [-0.39, 0.29) is 0 Å². The van der Waals surface area contributed by atoms with Crippen molar-refractivity contribution in [2.45, 2.75) is 45.8 Å². The zero-order chi connectivity index (χ0) is 20.3. The van der Waals surface area contributed by atoms with Crippen molar-refractivity contribution in [1.29, 1.82) is 0 Å². The van der Waals surface area contributed by atoms with Gasteiger partial charge in [-0.3, -0.25) is 9.89 Å². The highest BCUT2D eigenvalue weighted by molar-refractivity contribution is 5.31. The molecule has 0 bridgehead atoms. The fraction of sp³-hybridized carbons (Fsp3) is 0.346. The number of hydrogen-bond acceptors (Lipinski definition) is 3. The van der Waals surface area contributed by atoms with Gasteiger partial charge in [0.2, 0.25) is 0 Å². The molecule has 2 aromatic carbocycles. The Labute approximate surface area is 175 Å². The van der Waals surface area contributed by atoms with Crippen LogP contribution in [-0.4, -0.2) is 24.7 Å². The number of aryl methyl sites for hydroxylation is 1. The molecule has 0 N–H and O–H groups in total. The largest absolute Gasteiger partial charge is 0.494 e. The first-order valence-corrected chi connectivity index (χ1v) is 10.5.